The number of ether oxygens (including phenoxy) is 1. The molecule has 4 aromatic rings. The number of rotatable bonds is 5. The van der Waals surface area contributed by atoms with Crippen molar-refractivity contribution in [2.75, 3.05) is 7.11 Å². The lowest BCUT2D eigenvalue weighted by atomic mass is 9.91. The largest absolute Gasteiger partial charge is 0.480 e. The molecule has 4 rings (SSSR count). The topological polar surface area (TPSA) is 79.9 Å². The molecular formula is C23H26N4O2S. The Bertz CT molecular complexity index is 1240. The highest BCUT2D eigenvalue weighted by molar-refractivity contribution is 7.84. The molecule has 30 heavy (non-hydrogen) atoms. The Morgan fingerprint density at radius 1 is 0.967 bits per heavy atom. The van der Waals surface area contributed by atoms with Gasteiger partial charge < -0.3 is 9.72 Å². The highest BCUT2D eigenvalue weighted by Gasteiger charge is 2.39. The lowest BCUT2D eigenvalue weighted by Gasteiger charge is -2.32. The minimum absolute atomic E-state index is 0.464. The molecule has 2 heterocycles. The first kappa shape index (κ1) is 20.5. The predicted octanol–water partition coefficient (Wildman–Crippen LogP) is 4.44. The zero-order chi connectivity index (χ0) is 21.5. The van der Waals surface area contributed by atoms with Crippen molar-refractivity contribution in [1.82, 2.24) is 19.7 Å². The second-order valence-electron chi connectivity index (χ2n) is 8.43. The molecule has 2 N–H and O–H groups in total. The van der Waals surface area contributed by atoms with Crippen LogP contribution in [0.15, 0.2) is 54.7 Å². The average Bonchev–Trinajstić information content (AvgIpc) is 3.17. The summed E-state index contributed by atoms with van der Waals surface area (Å²) < 4.78 is 21.7. The van der Waals surface area contributed by atoms with E-state index in [1.165, 1.54) is 0 Å². The van der Waals surface area contributed by atoms with Gasteiger partial charge in [0, 0.05) is 22.7 Å². The van der Waals surface area contributed by atoms with E-state index in [1.54, 1.807) is 7.11 Å². The average molecular weight is 423 g/mol. The van der Waals surface area contributed by atoms with Crippen molar-refractivity contribution in [1.29, 1.82) is 0 Å². The molecule has 0 saturated carbocycles. The number of nitrogens with zero attached hydrogens (tertiary/aromatic N) is 2. The SMILES string of the molecule is COc1nc(C(C)(NS(=O)C(C)(C)C)c2c[nH]c3ccccc23)nc2ccccc12. The van der Waals surface area contributed by atoms with Crippen LogP contribution < -0.4 is 9.46 Å². The molecule has 0 bridgehead atoms. The third-order valence-corrected chi connectivity index (χ3v) is 6.90. The Balaban J connectivity index is 1.98. The first-order valence-corrected chi connectivity index (χ1v) is 11.0. The summed E-state index contributed by atoms with van der Waals surface area (Å²) in [6.07, 6.45) is 1.93. The van der Waals surface area contributed by atoms with Crippen molar-refractivity contribution in [2.24, 2.45) is 0 Å². The van der Waals surface area contributed by atoms with Gasteiger partial charge in [-0.25, -0.2) is 13.9 Å². The van der Waals surface area contributed by atoms with Gasteiger partial charge in [0.25, 0.3) is 0 Å². The molecule has 0 saturated heterocycles. The van der Waals surface area contributed by atoms with Gasteiger partial charge in [0.15, 0.2) is 5.82 Å². The number of methoxy groups -OCH3 is 1. The molecule has 0 aliphatic carbocycles. The standard InChI is InChI=1S/C23H26N4O2S/c1-22(2,3)30(28)27-23(4,17-14-24-18-12-8-6-10-15(17)18)21-25-19-13-9-7-11-16(19)20(26-21)29-5/h6-14,24,27H,1-5H3. The molecule has 0 amide bonds. The van der Waals surface area contributed by atoms with Gasteiger partial charge in [0.05, 0.1) is 33.7 Å². The summed E-state index contributed by atoms with van der Waals surface area (Å²) in [6.45, 7) is 7.78. The highest BCUT2D eigenvalue weighted by Crippen LogP contribution is 2.36. The van der Waals surface area contributed by atoms with Gasteiger partial charge in [-0.1, -0.05) is 30.3 Å². The predicted molar refractivity (Wildman–Crippen MR) is 122 cm³/mol. The smallest absolute Gasteiger partial charge is 0.224 e. The molecule has 0 radical (unpaired) electrons. The summed E-state index contributed by atoms with van der Waals surface area (Å²) in [7, 11) is 0.238. The summed E-state index contributed by atoms with van der Waals surface area (Å²) in [5.41, 5.74) is 1.77. The molecule has 2 aromatic carbocycles. The van der Waals surface area contributed by atoms with E-state index in [-0.39, 0.29) is 0 Å². The van der Waals surface area contributed by atoms with Crippen molar-refractivity contribution in [2.45, 2.75) is 38.0 Å². The van der Waals surface area contributed by atoms with Gasteiger partial charge in [0.2, 0.25) is 5.88 Å². The van der Waals surface area contributed by atoms with Crippen molar-refractivity contribution >= 4 is 32.8 Å². The Kier molecular flexibility index (Phi) is 5.11. The molecule has 0 fully saturated rings. The maximum Gasteiger partial charge on any atom is 0.224 e. The van der Waals surface area contributed by atoms with E-state index in [9.17, 15) is 4.21 Å². The molecule has 156 valence electrons. The Labute approximate surface area is 178 Å². The second kappa shape index (κ2) is 7.49. The van der Waals surface area contributed by atoms with E-state index in [0.717, 1.165) is 27.4 Å². The number of hydrogen-bond acceptors (Lipinski definition) is 4. The Morgan fingerprint density at radius 2 is 1.63 bits per heavy atom. The number of hydrogen-bond donors (Lipinski definition) is 2. The summed E-state index contributed by atoms with van der Waals surface area (Å²) in [5, 5.41) is 1.86. The Hall–Kier alpha value is -2.77. The van der Waals surface area contributed by atoms with E-state index < -0.39 is 21.3 Å². The van der Waals surface area contributed by atoms with Crippen molar-refractivity contribution in [3.63, 3.8) is 0 Å². The van der Waals surface area contributed by atoms with Crippen molar-refractivity contribution in [3.05, 3.63) is 66.1 Å². The summed E-state index contributed by atoms with van der Waals surface area (Å²) >= 11 is 0. The molecule has 2 unspecified atom stereocenters. The lowest BCUT2D eigenvalue weighted by molar-refractivity contribution is 0.393. The molecule has 2 aromatic heterocycles. The van der Waals surface area contributed by atoms with Crippen LogP contribution in [0.5, 0.6) is 5.88 Å². The second-order valence-corrected chi connectivity index (χ2v) is 10.4. The maximum absolute atomic E-state index is 13.2. The normalized spacial score (nSPS) is 15.2. The van der Waals surface area contributed by atoms with E-state index in [0.29, 0.717) is 11.7 Å². The molecule has 6 nitrogen and oxygen atoms in total. The minimum atomic E-state index is -1.36. The van der Waals surface area contributed by atoms with Gasteiger partial charge in [-0.05, 0) is 45.9 Å². The van der Waals surface area contributed by atoms with Gasteiger partial charge in [0.1, 0.15) is 5.54 Å². The number of para-hydroxylation sites is 2. The van der Waals surface area contributed by atoms with Crippen LogP contribution in [0.2, 0.25) is 0 Å². The fourth-order valence-corrected chi connectivity index (χ4v) is 4.35. The number of nitrogens with one attached hydrogen (secondary N) is 2. The molecule has 0 aliphatic heterocycles. The fourth-order valence-electron chi connectivity index (χ4n) is 3.47. The third kappa shape index (κ3) is 3.48. The summed E-state index contributed by atoms with van der Waals surface area (Å²) in [4.78, 5) is 12.9. The number of fused-ring (bicyclic) bond motifs is 2. The number of aromatic amines is 1. The van der Waals surface area contributed by atoms with Crippen LogP contribution in [0, 0.1) is 0 Å². The zero-order valence-corrected chi connectivity index (χ0v) is 18.6. The van der Waals surface area contributed by atoms with Crippen LogP contribution >= 0.6 is 0 Å². The molecular weight excluding hydrogens is 396 g/mol. The monoisotopic (exact) mass is 422 g/mol. The van der Waals surface area contributed by atoms with Gasteiger partial charge >= 0.3 is 0 Å². The fraction of sp³-hybridized carbons (Fsp3) is 0.304. The van der Waals surface area contributed by atoms with Crippen molar-refractivity contribution in [3.8, 4) is 5.88 Å². The Morgan fingerprint density at radius 3 is 2.33 bits per heavy atom. The summed E-state index contributed by atoms with van der Waals surface area (Å²) in [5.74, 6) is 0.991. The minimum Gasteiger partial charge on any atom is -0.480 e. The molecule has 0 aliphatic rings. The summed E-state index contributed by atoms with van der Waals surface area (Å²) in [6, 6.07) is 15.8. The third-order valence-electron chi connectivity index (χ3n) is 5.19. The molecule has 0 spiro atoms. The van der Waals surface area contributed by atoms with Gasteiger partial charge in [-0.2, -0.15) is 4.98 Å². The lowest BCUT2D eigenvalue weighted by Crippen LogP contribution is -2.47. The van der Waals surface area contributed by atoms with Crippen LogP contribution in [-0.2, 0) is 16.5 Å². The van der Waals surface area contributed by atoms with Crippen molar-refractivity contribution < 1.29 is 8.95 Å². The quantitative estimate of drug-likeness (QED) is 0.498. The van der Waals surface area contributed by atoms with Crippen LogP contribution in [-0.4, -0.2) is 31.0 Å². The molecule has 2 atom stereocenters. The number of benzene rings is 2. The van der Waals surface area contributed by atoms with Gasteiger partial charge in [-0.3, -0.25) is 0 Å². The van der Waals surface area contributed by atoms with Crippen LogP contribution in [0.4, 0.5) is 0 Å². The zero-order valence-electron chi connectivity index (χ0n) is 17.8. The van der Waals surface area contributed by atoms with E-state index in [1.807, 2.05) is 82.4 Å². The number of H-pyrrole nitrogens is 1. The van der Waals surface area contributed by atoms with E-state index >= 15 is 0 Å². The van der Waals surface area contributed by atoms with Gasteiger partial charge in [-0.15, -0.1) is 0 Å². The highest BCUT2D eigenvalue weighted by atomic mass is 32.2. The van der Waals surface area contributed by atoms with E-state index in [4.69, 9.17) is 14.7 Å². The first-order valence-electron chi connectivity index (χ1n) is 9.81. The van der Waals surface area contributed by atoms with E-state index in [2.05, 4.69) is 9.71 Å². The first-order chi connectivity index (χ1) is 14.2. The maximum atomic E-state index is 13.2. The van der Waals surface area contributed by atoms with Crippen LogP contribution in [0.3, 0.4) is 0 Å². The van der Waals surface area contributed by atoms with Crippen LogP contribution in [0.25, 0.3) is 21.8 Å². The molecule has 7 heteroatoms. The number of aromatic nitrogens is 3. The van der Waals surface area contributed by atoms with Crippen LogP contribution in [0.1, 0.15) is 39.1 Å².